The first-order valence-corrected chi connectivity index (χ1v) is 8.00. The van der Waals surface area contributed by atoms with Crippen LogP contribution in [-0.2, 0) is 11.2 Å². The van der Waals surface area contributed by atoms with Gasteiger partial charge in [-0.2, -0.15) is 0 Å². The normalized spacial score (nSPS) is 11.2. The third-order valence-corrected chi connectivity index (χ3v) is 3.73. The number of hydrogen-bond donors (Lipinski definition) is 3. The molecule has 2 aromatic rings. The van der Waals surface area contributed by atoms with Gasteiger partial charge < -0.3 is 16.4 Å². The maximum atomic E-state index is 12.3. The molecule has 0 heterocycles. The van der Waals surface area contributed by atoms with Crippen LogP contribution in [-0.4, -0.2) is 24.4 Å². The number of halogens is 1. The Hall–Kier alpha value is -2.37. The summed E-state index contributed by atoms with van der Waals surface area (Å²) < 4.78 is 0. The van der Waals surface area contributed by atoms with Crippen LogP contribution in [0.1, 0.15) is 28.4 Å². The molecular weight excluding hydrogens is 338 g/mol. The van der Waals surface area contributed by atoms with Crippen molar-refractivity contribution in [1.29, 1.82) is 0 Å². The Morgan fingerprint density at radius 2 is 1.80 bits per heavy atom. The Labute approximate surface area is 154 Å². The summed E-state index contributed by atoms with van der Waals surface area (Å²) in [6, 6.07) is 14.2. The van der Waals surface area contributed by atoms with E-state index in [4.69, 9.17) is 5.73 Å². The number of anilines is 1. The molecular formula is C19H24ClN3O2. The van der Waals surface area contributed by atoms with Crippen molar-refractivity contribution in [1.82, 2.24) is 5.32 Å². The molecule has 4 N–H and O–H groups in total. The predicted molar refractivity (Wildman–Crippen MR) is 103 cm³/mol. The fourth-order valence-electron chi connectivity index (χ4n) is 2.35. The minimum absolute atomic E-state index is 0. The van der Waals surface area contributed by atoms with Gasteiger partial charge in [0.05, 0.1) is 6.04 Å². The lowest BCUT2D eigenvalue weighted by Crippen LogP contribution is -2.37. The predicted octanol–water partition coefficient (Wildman–Crippen LogP) is 2.68. The van der Waals surface area contributed by atoms with Gasteiger partial charge in [-0.25, -0.2) is 0 Å². The van der Waals surface area contributed by atoms with Crippen molar-refractivity contribution >= 4 is 29.9 Å². The molecule has 1 atom stereocenters. The van der Waals surface area contributed by atoms with Gasteiger partial charge >= 0.3 is 0 Å². The van der Waals surface area contributed by atoms with E-state index < -0.39 is 6.04 Å². The van der Waals surface area contributed by atoms with Gasteiger partial charge in [0.2, 0.25) is 5.91 Å². The minimum Gasteiger partial charge on any atom is -0.352 e. The SMILES string of the molecule is CCNC(=O)c1ccc(C)c(NC(=O)C(N)Cc2ccccc2)c1.Cl. The van der Waals surface area contributed by atoms with Crippen molar-refractivity contribution in [2.75, 3.05) is 11.9 Å². The zero-order valence-electron chi connectivity index (χ0n) is 14.4. The maximum Gasteiger partial charge on any atom is 0.251 e. The molecule has 0 aliphatic heterocycles. The summed E-state index contributed by atoms with van der Waals surface area (Å²) in [7, 11) is 0. The number of hydrogen-bond acceptors (Lipinski definition) is 3. The smallest absolute Gasteiger partial charge is 0.251 e. The van der Waals surface area contributed by atoms with Crippen LogP contribution in [0.3, 0.4) is 0 Å². The Bertz CT molecular complexity index is 720. The average molecular weight is 362 g/mol. The molecule has 25 heavy (non-hydrogen) atoms. The number of carbonyl (C=O) groups is 2. The molecule has 0 aliphatic rings. The number of amides is 2. The molecule has 6 heteroatoms. The van der Waals surface area contributed by atoms with Crippen molar-refractivity contribution in [2.45, 2.75) is 26.3 Å². The first kappa shape index (κ1) is 20.7. The first-order valence-electron chi connectivity index (χ1n) is 8.00. The van der Waals surface area contributed by atoms with Crippen LogP contribution in [0.4, 0.5) is 5.69 Å². The van der Waals surface area contributed by atoms with Gasteiger partial charge in [-0.1, -0.05) is 36.4 Å². The molecule has 0 spiro atoms. The van der Waals surface area contributed by atoms with Crippen LogP contribution in [0.25, 0.3) is 0 Å². The topological polar surface area (TPSA) is 84.2 Å². The summed E-state index contributed by atoms with van der Waals surface area (Å²) in [5.41, 5.74) is 9.00. The second kappa shape index (κ2) is 9.81. The summed E-state index contributed by atoms with van der Waals surface area (Å²) in [4.78, 5) is 24.3. The molecule has 0 aliphatic carbocycles. The van der Waals surface area contributed by atoms with E-state index in [1.807, 2.05) is 50.2 Å². The number of benzene rings is 2. The molecule has 0 radical (unpaired) electrons. The summed E-state index contributed by atoms with van der Waals surface area (Å²) in [5.74, 6) is -0.434. The van der Waals surface area contributed by atoms with Gasteiger partial charge in [-0.15, -0.1) is 12.4 Å². The third-order valence-electron chi connectivity index (χ3n) is 3.73. The standard InChI is InChI=1S/C19H23N3O2.ClH/c1-3-21-18(23)15-10-9-13(2)17(12-15)22-19(24)16(20)11-14-7-5-4-6-8-14;/h4-10,12,16H,3,11,20H2,1-2H3,(H,21,23)(H,22,24);1H. The highest BCUT2D eigenvalue weighted by molar-refractivity contribution is 5.99. The highest BCUT2D eigenvalue weighted by atomic mass is 35.5. The fraction of sp³-hybridized carbons (Fsp3) is 0.263. The molecule has 2 rings (SSSR count). The molecule has 0 fully saturated rings. The molecule has 0 bridgehead atoms. The number of rotatable bonds is 6. The zero-order valence-corrected chi connectivity index (χ0v) is 15.2. The van der Waals surface area contributed by atoms with Crippen LogP contribution in [0.5, 0.6) is 0 Å². The molecule has 2 aromatic carbocycles. The highest BCUT2D eigenvalue weighted by Crippen LogP contribution is 2.17. The lowest BCUT2D eigenvalue weighted by atomic mass is 10.1. The van der Waals surface area contributed by atoms with E-state index in [1.54, 1.807) is 12.1 Å². The van der Waals surface area contributed by atoms with E-state index in [2.05, 4.69) is 10.6 Å². The van der Waals surface area contributed by atoms with Crippen LogP contribution in [0.15, 0.2) is 48.5 Å². The van der Waals surface area contributed by atoms with Crippen LogP contribution in [0.2, 0.25) is 0 Å². The Kier molecular flexibility index (Phi) is 8.11. The summed E-state index contributed by atoms with van der Waals surface area (Å²) in [6.07, 6.45) is 0.460. The van der Waals surface area contributed by atoms with Gasteiger partial charge in [0.15, 0.2) is 0 Å². The van der Waals surface area contributed by atoms with E-state index in [9.17, 15) is 9.59 Å². The van der Waals surface area contributed by atoms with E-state index in [1.165, 1.54) is 0 Å². The molecule has 1 unspecified atom stereocenters. The quantitative estimate of drug-likeness (QED) is 0.739. The van der Waals surface area contributed by atoms with Crippen molar-refractivity contribution in [3.8, 4) is 0 Å². The number of aryl methyl sites for hydroxylation is 1. The monoisotopic (exact) mass is 361 g/mol. The summed E-state index contributed by atoms with van der Waals surface area (Å²) in [5, 5.41) is 5.56. The average Bonchev–Trinajstić information content (AvgIpc) is 2.57. The number of nitrogens with one attached hydrogen (secondary N) is 2. The zero-order chi connectivity index (χ0) is 17.5. The first-order chi connectivity index (χ1) is 11.5. The largest absolute Gasteiger partial charge is 0.352 e. The highest BCUT2D eigenvalue weighted by Gasteiger charge is 2.16. The van der Waals surface area contributed by atoms with Crippen molar-refractivity contribution in [2.24, 2.45) is 5.73 Å². The van der Waals surface area contributed by atoms with Crippen LogP contribution >= 0.6 is 12.4 Å². The second-order valence-corrected chi connectivity index (χ2v) is 5.67. The Morgan fingerprint density at radius 1 is 1.12 bits per heavy atom. The molecule has 5 nitrogen and oxygen atoms in total. The van der Waals surface area contributed by atoms with E-state index in [0.717, 1.165) is 11.1 Å². The van der Waals surface area contributed by atoms with Crippen molar-refractivity contribution in [3.63, 3.8) is 0 Å². The van der Waals surface area contributed by atoms with Gasteiger partial charge in [0.25, 0.3) is 5.91 Å². The number of carbonyl (C=O) groups excluding carboxylic acids is 2. The summed E-state index contributed by atoms with van der Waals surface area (Å²) in [6.45, 7) is 4.29. The van der Waals surface area contributed by atoms with Crippen LogP contribution in [0, 0.1) is 6.92 Å². The van der Waals surface area contributed by atoms with Crippen molar-refractivity contribution in [3.05, 3.63) is 65.2 Å². The van der Waals surface area contributed by atoms with Gasteiger partial charge in [0.1, 0.15) is 0 Å². The van der Waals surface area contributed by atoms with Gasteiger partial charge in [-0.05, 0) is 43.5 Å². The minimum atomic E-state index is -0.653. The molecule has 2 amide bonds. The summed E-state index contributed by atoms with van der Waals surface area (Å²) >= 11 is 0. The van der Waals surface area contributed by atoms with Gasteiger partial charge in [0, 0.05) is 17.8 Å². The second-order valence-electron chi connectivity index (χ2n) is 5.67. The Balaban J connectivity index is 0.00000312. The fourth-order valence-corrected chi connectivity index (χ4v) is 2.35. The number of nitrogens with two attached hydrogens (primary N) is 1. The van der Waals surface area contributed by atoms with E-state index >= 15 is 0 Å². The Morgan fingerprint density at radius 3 is 2.44 bits per heavy atom. The lowest BCUT2D eigenvalue weighted by Gasteiger charge is -2.15. The van der Waals surface area contributed by atoms with E-state index in [0.29, 0.717) is 24.2 Å². The molecule has 0 saturated heterocycles. The molecule has 0 saturated carbocycles. The third kappa shape index (κ3) is 5.89. The van der Waals surface area contributed by atoms with Crippen LogP contribution < -0.4 is 16.4 Å². The van der Waals surface area contributed by atoms with Crippen molar-refractivity contribution < 1.29 is 9.59 Å². The maximum absolute atomic E-state index is 12.3. The van der Waals surface area contributed by atoms with Gasteiger partial charge in [-0.3, -0.25) is 9.59 Å². The molecule has 0 aromatic heterocycles. The molecule has 134 valence electrons. The lowest BCUT2D eigenvalue weighted by molar-refractivity contribution is -0.117. The van der Waals surface area contributed by atoms with E-state index in [-0.39, 0.29) is 24.2 Å².